The minimum atomic E-state index is -0.00523. The summed E-state index contributed by atoms with van der Waals surface area (Å²) in [6.45, 7) is 3.55. The van der Waals surface area contributed by atoms with Gasteiger partial charge in [-0.3, -0.25) is 4.79 Å². The largest absolute Gasteiger partial charge is 0.379 e. The summed E-state index contributed by atoms with van der Waals surface area (Å²) in [7, 11) is 0. The van der Waals surface area contributed by atoms with Crippen LogP contribution >= 0.6 is 0 Å². The first-order valence-electron chi connectivity index (χ1n) is 6.32. The maximum absolute atomic E-state index is 12.1. The lowest BCUT2D eigenvalue weighted by atomic mass is 9.76. The van der Waals surface area contributed by atoms with Gasteiger partial charge in [0, 0.05) is 12.6 Å². The first-order chi connectivity index (χ1) is 7.68. The first kappa shape index (κ1) is 11.9. The Morgan fingerprint density at radius 2 is 2.19 bits per heavy atom. The van der Waals surface area contributed by atoms with Crippen LogP contribution in [0.1, 0.15) is 32.6 Å². The summed E-state index contributed by atoms with van der Waals surface area (Å²) in [4.78, 5) is 12.1. The molecular formula is C12H22N2O2. The summed E-state index contributed by atoms with van der Waals surface area (Å²) in [6, 6.07) is 0.236. The third-order valence-corrected chi connectivity index (χ3v) is 3.85. The third kappa shape index (κ3) is 2.55. The number of carbonyl (C=O) groups is 1. The first-order valence-corrected chi connectivity index (χ1v) is 6.32. The van der Waals surface area contributed by atoms with Crippen LogP contribution in [0.4, 0.5) is 0 Å². The van der Waals surface area contributed by atoms with E-state index in [1.54, 1.807) is 0 Å². The molecule has 0 radical (unpaired) electrons. The van der Waals surface area contributed by atoms with E-state index in [1.165, 1.54) is 0 Å². The molecule has 0 aromatic carbocycles. The van der Waals surface area contributed by atoms with Gasteiger partial charge in [-0.2, -0.15) is 0 Å². The van der Waals surface area contributed by atoms with Gasteiger partial charge in [0.05, 0.1) is 18.6 Å². The molecule has 2 rings (SSSR count). The van der Waals surface area contributed by atoms with E-state index in [2.05, 4.69) is 12.2 Å². The molecule has 4 unspecified atom stereocenters. The van der Waals surface area contributed by atoms with Crippen molar-refractivity contribution < 1.29 is 9.53 Å². The van der Waals surface area contributed by atoms with E-state index in [9.17, 15) is 4.79 Å². The number of nitrogens with two attached hydrogens (primary N) is 1. The molecule has 0 spiro atoms. The van der Waals surface area contributed by atoms with Crippen molar-refractivity contribution in [1.82, 2.24) is 5.32 Å². The van der Waals surface area contributed by atoms with Gasteiger partial charge in [0.15, 0.2) is 0 Å². The highest BCUT2D eigenvalue weighted by molar-refractivity contribution is 5.80. The number of amides is 1. The number of ether oxygens (including phenoxy) is 1. The Kier molecular flexibility index (Phi) is 3.82. The smallest absolute Gasteiger partial charge is 0.225 e. The maximum Gasteiger partial charge on any atom is 0.225 e. The summed E-state index contributed by atoms with van der Waals surface area (Å²) in [5, 5.41) is 3.07. The summed E-state index contributed by atoms with van der Waals surface area (Å²) < 4.78 is 5.25. The summed E-state index contributed by atoms with van der Waals surface area (Å²) >= 11 is 0. The van der Waals surface area contributed by atoms with Gasteiger partial charge in [-0.1, -0.05) is 13.3 Å². The van der Waals surface area contributed by atoms with Gasteiger partial charge in [0.1, 0.15) is 0 Å². The average Bonchev–Trinajstić information content (AvgIpc) is 2.70. The van der Waals surface area contributed by atoms with Gasteiger partial charge in [0.25, 0.3) is 0 Å². The number of hydrogen-bond acceptors (Lipinski definition) is 3. The van der Waals surface area contributed by atoms with Crippen LogP contribution in [0.25, 0.3) is 0 Å². The van der Waals surface area contributed by atoms with Gasteiger partial charge in [0.2, 0.25) is 5.91 Å². The Hall–Kier alpha value is -0.610. The third-order valence-electron chi connectivity index (χ3n) is 3.85. The SMILES string of the molecule is CC1CCCC(N)C1C(=O)NC1CCOC1. The number of hydrogen-bond donors (Lipinski definition) is 2. The fourth-order valence-corrected chi connectivity index (χ4v) is 2.86. The molecule has 16 heavy (non-hydrogen) atoms. The van der Waals surface area contributed by atoms with Gasteiger partial charge in [-0.05, 0) is 25.2 Å². The lowest BCUT2D eigenvalue weighted by Gasteiger charge is -2.33. The second-order valence-electron chi connectivity index (χ2n) is 5.17. The molecular weight excluding hydrogens is 204 g/mol. The normalized spacial score (nSPS) is 39.6. The molecule has 1 amide bonds. The number of carbonyl (C=O) groups excluding carboxylic acids is 1. The summed E-state index contributed by atoms with van der Waals surface area (Å²) in [5.41, 5.74) is 6.05. The molecule has 3 N–H and O–H groups in total. The van der Waals surface area contributed by atoms with Crippen LogP contribution in [0.2, 0.25) is 0 Å². The topological polar surface area (TPSA) is 64.4 Å². The standard InChI is InChI=1S/C12H22N2O2/c1-8-3-2-4-10(13)11(8)12(15)14-9-5-6-16-7-9/h8-11H,2-7,13H2,1H3,(H,14,15). The summed E-state index contributed by atoms with van der Waals surface area (Å²) in [5.74, 6) is 0.538. The van der Waals surface area contributed by atoms with Crippen molar-refractivity contribution in [3.8, 4) is 0 Å². The Labute approximate surface area is 96.9 Å². The minimum absolute atomic E-state index is 0.00523. The van der Waals surface area contributed by atoms with Crippen molar-refractivity contribution >= 4 is 5.91 Å². The highest BCUT2D eigenvalue weighted by Gasteiger charge is 2.35. The van der Waals surface area contributed by atoms with Crippen LogP contribution in [0, 0.1) is 11.8 Å². The van der Waals surface area contributed by atoms with Gasteiger partial charge >= 0.3 is 0 Å². The predicted octanol–water partition coefficient (Wildman–Crippen LogP) is 0.655. The zero-order valence-electron chi connectivity index (χ0n) is 9.95. The van der Waals surface area contributed by atoms with Crippen LogP contribution in [0.15, 0.2) is 0 Å². The number of nitrogens with one attached hydrogen (secondary N) is 1. The van der Waals surface area contributed by atoms with Crippen molar-refractivity contribution in [2.75, 3.05) is 13.2 Å². The molecule has 1 aliphatic carbocycles. The molecule has 4 heteroatoms. The molecule has 1 saturated carbocycles. The van der Waals surface area contributed by atoms with Gasteiger partial charge < -0.3 is 15.8 Å². The minimum Gasteiger partial charge on any atom is -0.379 e. The van der Waals surface area contributed by atoms with E-state index >= 15 is 0 Å². The predicted molar refractivity (Wildman–Crippen MR) is 61.8 cm³/mol. The van der Waals surface area contributed by atoms with Crippen molar-refractivity contribution in [2.45, 2.75) is 44.7 Å². The van der Waals surface area contributed by atoms with Crippen LogP contribution in [0.5, 0.6) is 0 Å². The second kappa shape index (κ2) is 5.15. The van der Waals surface area contributed by atoms with E-state index in [1.807, 2.05) is 0 Å². The van der Waals surface area contributed by atoms with E-state index in [0.717, 1.165) is 32.3 Å². The fraction of sp³-hybridized carbons (Fsp3) is 0.917. The molecule has 0 aromatic heterocycles. The van der Waals surface area contributed by atoms with E-state index in [4.69, 9.17) is 10.5 Å². The number of rotatable bonds is 2. The molecule has 1 aliphatic heterocycles. The molecule has 92 valence electrons. The molecule has 2 fully saturated rings. The average molecular weight is 226 g/mol. The quantitative estimate of drug-likeness (QED) is 0.727. The Balaban J connectivity index is 1.90. The van der Waals surface area contributed by atoms with Crippen molar-refractivity contribution in [1.29, 1.82) is 0 Å². The van der Waals surface area contributed by atoms with Gasteiger partial charge in [-0.25, -0.2) is 0 Å². The molecule has 2 aliphatic rings. The summed E-state index contributed by atoms with van der Waals surface area (Å²) in [6.07, 6.45) is 4.18. The highest BCUT2D eigenvalue weighted by atomic mass is 16.5. The molecule has 4 atom stereocenters. The van der Waals surface area contributed by atoms with Crippen molar-refractivity contribution in [2.24, 2.45) is 17.6 Å². The molecule has 1 saturated heterocycles. The molecule has 0 aromatic rings. The molecule has 0 bridgehead atoms. The fourth-order valence-electron chi connectivity index (χ4n) is 2.86. The molecule has 1 heterocycles. The lowest BCUT2D eigenvalue weighted by molar-refractivity contribution is -0.128. The van der Waals surface area contributed by atoms with Crippen LogP contribution in [-0.4, -0.2) is 31.2 Å². The van der Waals surface area contributed by atoms with Crippen molar-refractivity contribution in [3.05, 3.63) is 0 Å². The monoisotopic (exact) mass is 226 g/mol. The van der Waals surface area contributed by atoms with Crippen LogP contribution < -0.4 is 11.1 Å². The van der Waals surface area contributed by atoms with Crippen LogP contribution in [-0.2, 0) is 9.53 Å². The zero-order chi connectivity index (χ0) is 11.5. The second-order valence-corrected chi connectivity index (χ2v) is 5.17. The Morgan fingerprint density at radius 1 is 1.38 bits per heavy atom. The molecule has 4 nitrogen and oxygen atoms in total. The van der Waals surface area contributed by atoms with E-state index in [-0.39, 0.29) is 23.9 Å². The zero-order valence-corrected chi connectivity index (χ0v) is 9.95. The van der Waals surface area contributed by atoms with Crippen LogP contribution in [0.3, 0.4) is 0 Å². The van der Waals surface area contributed by atoms with E-state index in [0.29, 0.717) is 12.5 Å². The van der Waals surface area contributed by atoms with E-state index < -0.39 is 0 Å². The Morgan fingerprint density at radius 3 is 2.81 bits per heavy atom. The Bertz CT molecular complexity index is 241. The van der Waals surface area contributed by atoms with Crippen molar-refractivity contribution in [3.63, 3.8) is 0 Å². The maximum atomic E-state index is 12.1. The lowest BCUT2D eigenvalue weighted by Crippen LogP contribution is -2.49. The highest BCUT2D eigenvalue weighted by Crippen LogP contribution is 2.29. The van der Waals surface area contributed by atoms with Gasteiger partial charge in [-0.15, -0.1) is 0 Å².